The van der Waals surface area contributed by atoms with Crippen molar-refractivity contribution >= 4 is 11.8 Å². The fourth-order valence-electron chi connectivity index (χ4n) is 3.52. The van der Waals surface area contributed by atoms with Gasteiger partial charge in [0.25, 0.3) is 0 Å². The summed E-state index contributed by atoms with van der Waals surface area (Å²) in [5, 5.41) is 29.6. The maximum absolute atomic E-state index is 12.2. The van der Waals surface area contributed by atoms with E-state index in [1.54, 1.807) is 12.2 Å². The van der Waals surface area contributed by atoms with Crippen molar-refractivity contribution in [3.63, 3.8) is 0 Å². The summed E-state index contributed by atoms with van der Waals surface area (Å²) < 4.78 is 0. The molecule has 1 rings (SSSR count). The highest BCUT2D eigenvalue weighted by Crippen LogP contribution is 2.32. The first-order chi connectivity index (χ1) is 12.7. The number of aliphatic hydroxyl groups excluding tert-OH is 2. The highest BCUT2D eigenvalue weighted by Gasteiger charge is 2.34. The van der Waals surface area contributed by atoms with Crippen LogP contribution in [0.5, 0.6) is 0 Å². The number of carbonyl (C=O) groups excluding carboxylic acids is 1. The topological polar surface area (TPSA) is 94.8 Å². The molecule has 1 aliphatic rings. The number of ketones is 1. The Morgan fingerprint density at radius 1 is 1.22 bits per heavy atom. The number of carboxylic acids is 1. The fourth-order valence-corrected chi connectivity index (χ4v) is 3.52. The molecule has 0 fully saturated rings. The van der Waals surface area contributed by atoms with Crippen LogP contribution in [0.25, 0.3) is 0 Å². The van der Waals surface area contributed by atoms with Crippen LogP contribution in [0.3, 0.4) is 0 Å². The third-order valence-corrected chi connectivity index (χ3v) is 5.52. The van der Waals surface area contributed by atoms with Gasteiger partial charge < -0.3 is 15.3 Å². The van der Waals surface area contributed by atoms with Gasteiger partial charge in [-0.2, -0.15) is 0 Å². The first-order valence-corrected chi connectivity index (χ1v) is 10.2. The monoisotopic (exact) mass is 380 g/mol. The van der Waals surface area contributed by atoms with Crippen molar-refractivity contribution in [2.45, 2.75) is 84.3 Å². The standard InChI is InChI=1S/C22H36O5/c1-4-5-15-22(2,3)19(25)14-12-16-11-13-18(24)21(16)17(23)9-7-6-8-10-20(26)27/h11-14,16-17,19,21,23,25H,4-10,15H2,1-3H3,(H,26,27)/b14-12+. The van der Waals surface area contributed by atoms with E-state index in [2.05, 4.69) is 6.92 Å². The maximum Gasteiger partial charge on any atom is 0.303 e. The van der Waals surface area contributed by atoms with Gasteiger partial charge in [0, 0.05) is 12.3 Å². The number of hydrogen-bond donors (Lipinski definition) is 3. The highest BCUT2D eigenvalue weighted by molar-refractivity contribution is 5.95. The summed E-state index contributed by atoms with van der Waals surface area (Å²) in [6.07, 6.45) is 11.3. The van der Waals surface area contributed by atoms with E-state index in [9.17, 15) is 19.8 Å². The number of hydrogen-bond acceptors (Lipinski definition) is 4. The van der Waals surface area contributed by atoms with Gasteiger partial charge in [-0.25, -0.2) is 0 Å². The van der Waals surface area contributed by atoms with Gasteiger partial charge in [-0.15, -0.1) is 0 Å². The molecular weight excluding hydrogens is 344 g/mol. The van der Waals surface area contributed by atoms with Gasteiger partial charge in [0.1, 0.15) is 0 Å². The summed E-state index contributed by atoms with van der Waals surface area (Å²) in [5.74, 6) is -1.60. The molecular formula is C22H36O5. The van der Waals surface area contributed by atoms with Gasteiger partial charge in [-0.1, -0.05) is 64.7 Å². The van der Waals surface area contributed by atoms with Crippen LogP contribution in [0.2, 0.25) is 0 Å². The molecule has 0 radical (unpaired) electrons. The van der Waals surface area contributed by atoms with E-state index in [0.717, 1.165) is 25.7 Å². The minimum atomic E-state index is -0.809. The predicted octanol–water partition coefficient (Wildman–Crippen LogP) is 3.89. The molecule has 0 aliphatic heterocycles. The predicted molar refractivity (Wildman–Crippen MR) is 106 cm³/mol. The summed E-state index contributed by atoms with van der Waals surface area (Å²) in [6.45, 7) is 6.20. The van der Waals surface area contributed by atoms with Crippen molar-refractivity contribution in [3.05, 3.63) is 24.3 Å². The Balaban J connectivity index is 2.57. The minimum absolute atomic E-state index is 0.0811. The molecule has 4 unspecified atom stereocenters. The van der Waals surface area contributed by atoms with Gasteiger partial charge >= 0.3 is 5.97 Å². The zero-order valence-electron chi connectivity index (χ0n) is 16.9. The molecule has 0 aromatic rings. The SMILES string of the molecule is CCCCC(C)(C)C(O)/C=C/C1C=CC(=O)C1C(O)CCCCCC(=O)O. The normalized spacial score (nSPS) is 22.5. The van der Waals surface area contributed by atoms with E-state index in [1.165, 1.54) is 6.08 Å². The Labute approximate surface area is 163 Å². The molecule has 27 heavy (non-hydrogen) atoms. The molecule has 4 atom stereocenters. The molecule has 0 amide bonds. The number of aliphatic carboxylic acids is 1. The second kappa shape index (κ2) is 11.4. The third kappa shape index (κ3) is 7.97. The van der Waals surface area contributed by atoms with Gasteiger partial charge in [0.05, 0.1) is 18.1 Å². The number of allylic oxidation sites excluding steroid dienone is 3. The Hall–Kier alpha value is -1.46. The lowest BCUT2D eigenvalue weighted by atomic mass is 9.80. The van der Waals surface area contributed by atoms with E-state index < -0.39 is 24.1 Å². The average Bonchev–Trinajstić information content (AvgIpc) is 2.97. The molecule has 0 saturated carbocycles. The number of unbranched alkanes of at least 4 members (excludes halogenated alkanes) is 3. The van der Waals surface area contributed by atoms with E-state index in [4.69, 9.17) is 5.11 Å². The molecule has 1 aliphatic carbocycles. The smallest absolute Gasteiger partial charge is 0.303 e. The van der Waals surface area contributed by atoms with Crippen LogP contribution in [-0.2, 0) is 9.59 Å². The van der Waals surface area contributed by atoms with Gasteiger partial charge in [-0.05, 0) is 30.8 Å². The molecule has 3 N–H and O–H groups in total. The summed E-state index contributed by atoms with van der Waals surface area (Å²) in [4.78, 5) is 22.7. The van der Waals surface area contributed by atoms with Crippen LogP contribution in [0.15, 0.2) is 24.3 Å². The zero-order valence-corrected chi connectivity index (χ0v) is 16.9. The van der Waals surface area contributed by atoms with Crippen molar-refractivity contribution in [2.24, 2.45) is 17.3 Å². The van der Waals surface area contributed by atoms with Crippen molar-refractivity contribution in [1.82, 2.24) is 0 Å². The lowest BCUT2D eigenvalue weighted by Crippen LogP contribution is -2.30. The van der Waals surface area contributed by atoms with E-state index >= 15 is 0 Å². The molecule has 0 aromatic carbocycles. The molecule has 0 aromatic heterocycles. The highest BCUT2D eigenvalue weighted by atomic mass is 16.4. The number of carbonyl (C=O) groups is 2. The Morgan fingerprint density at radius 2 is 1.93 bits per heavy atom. The lowest BCUT2D eigenvalue weighted by Gasteiger charge is -2.29. The summed E-state index contributed by atoms with van der Waals surface area (Å²) >= 11 is 0. The van der Waals surface area contributed by atoms with Crippen molar-refractivity contribution in [3.8, 4) is 0 Å². The Bertz CT molecular complexity index is 535. The largest absolute Gasteiger partial charge is 0.481 e. The first-order valence-electron chi connectivity index (χ1n) is 10.2. The summed E-state index contributed by atoms with van der Waals surface area (Å²) in [5.41, 5.74) is -0.225. The quantitative estimate of drug-likeness (QED) is 0.333. The minimum Gasteiger partial charge on any atom is -0.481 e. The number of rotatable bonds is 13. The van der Waals surface area contributed by atoms with Crippen LogP contribution in [-0.4, -0.2) is 39.3 Å². The number of carboxylic acid groups (broad SMARTS) is 1. The van der Waals surface area contributed by atoms with Crippen LogP contribution in [0.4, 0.5) is 0 Å². The van der Waals surface area contributed by atoms with Gasteiger partial charge in [0.2, 0.25) is 0 Å². The maximum atomic E-state index is 12.2. The molecule has 0 heterocycles. The second-order valence-electron chi connectivity index (χ2n) is 8.35. The van der Waals surface area contributed by atoms with Gasteiger partial charge in [0.15, 0.2) is 5.78 Å². The average molecular weight is 381 g/mol. The van der Waals surface area contributed by atoms with E-state index in [0.29, 0.717) is 19.3 Å². The Kier molecular flexibility index (Phi) is 9.95. The molecule has 154 valence electrons. The molecule has 5 nitrogen and oxygen atoms in total. The van der Waals surface area contributed by atoms with Crippen LogP contribution in [0, 0.1) is 17.3 Å². The van der Waals surface area contributed by atoms with Crippen molar-refractivity contribution < 1.29 is 24.9 Å². The van der Waals surface area contributed by atoms with Gasteiger partial charge in [-0.3, -0.25) is 9.59 Å². The molecule has 5 heteroatoms. The fraction of sp³-hybridized carbons (Fsp3) is 0.727. The zero-order chi connectivity index (χ0) is 20.4. The summed E-state index contributed by atoms with van der Waals surface area (Å²) in [7, 11) is 0. The Morgan fingerprint density at radius 3 is 2.56 bits per heavy atom. The van der Waals surface area contributed by atoms with E-state index in [1.807, 2.05) is 19.9 Å². The second-order valence-corrected chi connectivity index (χ2v) is 8.35. The van der Waals surface area contributed by atoms with E-state index in [-0.39, 0.29) is 23.5 Å². The first kappa shape index (κ1) is 23.6. The van der Waals surface area contributed by atoms with Crippen molar-refractivity contribution in [1.29, 1.82) is 0 Å². The molecule has 0 spiro atoms. The third-order valence-electron chi connectivity index (χ3n) is 5.52. The lowest BCUT2D eigenvalue weighted by molar-refractivity contribution is -0.137. The number of aliphatic hydroxyl groups is 2. The van der Waals surface area contributed by atoms with Crippen LogP contribution >= 0.6 is 0 Å². The van der Waals surface area contributed by atoms with Crippen LogP contribution in [0.1, 0.15) is 72.1 Å². The summed E-state index contributed by atoms with van der Waals surface area (Å²) in [6, 6.07) is 0. The molecule has 0 saturated heterocycles. The molecule has 0 bridgehead atoms. The van der Waals surface area contributed by atoms with Crippen molar-refractivity contribution in [2.75, 3.05) is 0 Å². The van der Waals surface area contributed by atoms with Crippen LogP contribution < -0.4 is 0 Å².